The van der Waals surface area contributed by atoms with Crippen molar-refractivity contribution in [1.82, 2.24) is 0 Å². The lowest BCUT2D eigenvalue weighted by Crippen LogP contribution is -2.36. The largest absolute Gasteiger partial charge is 0.393 e. The Morgan fingerprint density at radius 2 is 1.58 bits per heavy atom. The Morgan fingerprint density at radius 3 is 2.00 bits per heavy atom. The van der Waals surface area contributed by atoms with Crippen molar-refractivity contribution in [3.05, 3.63) is 38.4 Å². The summed E-state index contributed by atoms with van der Waals surface area (Å²) in [7, 11) is 0. The number of piperidine rings is 1. The van der Waals surface area contributed by atoms with Gasteiger partial charge in [0.15, 0.2) is 5.69 Å². The zero-order valence-corrected chi connectivity index (χ0v) is 10.1. The molecule has 1 aliphatic rings. The van der Waals surface area contributed by atoms with Crippen LogP contribution in [0.3, 0.4) is 0 Å². The third kappa shape index (κ3) is 2.63. The molecule has 1 aromatic carbocycles. The lowest BCUT2D eigenvalue weighted by molar-refractivity contribution is -0.392. The van der Waals surface area contributed by atoms with Crippen molar-refractivity contribution in [2.75, 3.05) is 18.0 Å². The quantitative estimate of drug-likeness (QED) is 0.655. The number of nitrogens with zero attached hydrogens (tertiary/aromatic N) is 3. The number of aliphatic hydroxyl groups excluding tert-OH is 1. The standard InChI is InChI=1S/C11H13N3O5/c15-8-4-6-12(7-5-8)11-9(13(16)17)2-1-3-10(11)14(18)19/h1-3,8,15H,4-7H2. The van der Waals surface area contributed by atoms with Gasteiger partial charge in [-0.2, -0.15) is 0 Å². The summed E-state index contributed by atoms with van der Waals surface area (Å²) in [6.45, 7) is 0.736. The van der Waals surface area contributed by atoms with Crippen LogP contribution < -0.4 is 4.90 Å². The van der Waals surface area contributed by atoms with E-state index in [0.29, 0.717) is 25.9 Å². The smallest absolute Gasteiger partial charge is 0.299 e. The molecular formula is C11H13N3O5. The first-order valence-electron chi connectivity index (χ1n) is 5.85. The summed E-state index contributed by atoms with van der Waals surface area (Å²) in [5.74, 6) is 0. The van der Waals surface area contributed by atoms with E-state index in [9.17, 15) is 25.3 Å². The SMILES string of the molecule is O=[N+]([O-])c1cccc([N+](=O)[O-])c1N1CCC(O)CC1. The predicted molar refractivity (Wildman–Crippen MR) is 67.2 cm³/mol. The van der Waals surface area contributed by atoms with E-state index in [0.717, 1.165) is 0 Å². The van der Waals surface area contributed by atoms with Crippen LogP contribution in [0.2, 0.25) is 0 Å². The van der Waals surface area contributed by atoms with Crippen LogP contribution >= 0.6 is 0 Å². The van der Waals surface area contributed by atoms with Crippen LogP contribution in [-0.4, -0.2) is 34.1 Å². The number of benzene rings is 1. The summed E-state index contributed by atoms with van der Waals surface area (Å²) in [5, 5.41) is 31.5. The van der Waals surface area contributed by atoms with Crippen molar-refractivity contribution >= 4 is 17.1 Å². The number of nitro benzene ring substituents is 2. The van der Waals surface area contributed by atoms with Crippen LogP contribution in [0, 0.1) is 20.2 Å². The van der Waals surface area contributed by atoms with Gasteiger partial charge in [0.2, 0.25) is 0 Å². The second kappa shape index (κ2) is 5.19. The molecule has 8 nitrogen and oxygen atoms in total. The highest BCUT2D eigenvalue weighted by Gasteiger charge is 2.31. The van der Waals surface area contributed by atoms with E-state index in [4.69, 9.17) is 0 Å². The van der Waals surface area contributed by atoms with Gasteiger partial charge in [0.25, 0.3) is 11.4 Å². The van der Waals surface area contributed by atoms with Crippen LogP contribution in [0.5, 0.6) is 0 Å². The number of anilines is 1. The number of nitro groups is 2. The molecule has 1 N–H and O–H groups in total. The minimum Gasteiger partial charge on any atom is -0.393 e. The van der Waals surface area contributed by atoms with Gasteiger partial charge in [-0.15, -0.1) is 0 Å². The van der Waals surface area contributed by atoms with E-state index < -0.39 is 16.0 Å². The summed E-state index contributed by atoms with van der Waals surface area (Å²) in [6.07, 6.45) is 0.449. The van der Waals surface area contributed by atoms with Crippen LogP contribution in [0.4, 0.5) is 17.1 Å². The third-order valence-electron chi connectivity index (χ3n) is 3.17. The third-order valence-corrected chi connectivity index (χ3v) is 3.17. The summed E-state index contributed by atoms with van der Waals surface area (Å²) in [6, 6.07) is 3.82. The molecule has 0 unspecified atom stereocenters. The Hall–Kier alpha value is -2.22. The maximum absolute atomic E-state index is 11.0. The summed E-state index contributed by atoms with van der Waals surface area (Å²) >= 11 is 0. The van der Waals surface area contributed by atoms with Crippen LogP contribution in [-0.2, 0) is 0 Å². The van der Waals surface area contributed by atoms with Crippen molar-refractivity contribution < 1.29 is 15.0 Å². The molecule has 0 bridgehead atoms. The second-order valence-electron chi connectivity index (χ2n) is 4.38. The van der Waals surface area contributed by atoms with Gasteiger partial charge in [-0.25, -0.2) is 0 Å². The lowest BCUT2D eigenvalue weighted by Gasteiger charge is -2.30. The van der Waals surface area contributed by atoms with Crippen molar-refractivity contribution in [2.45, 2.75) is 18.9 Å². The summed E-state index contributed by atoms with van der Waals surface area (Å²) in [4.78, 5) is 22.4. The van der Waals surface area contributed by atoms with E-state index in [1.165, 1.54) is 18.2 Å². The lowest BCUT2D eigenvalue weighted by atomic mass is 10.1. The number of hydrogen-bond acceptors (Lipinski definition) is 6. The predicted octanol–water partition coefficient (Wildman–Crippen LogP) is 1.46. The molecule has 0 atom stereocenters. The number of hydrogen-bond donors (Lipinski definition) is 1. The first-order valence-corrected chi connectivity index (χ1v) is 5.85. The van der Waals surface area contributed by atoms with E-state index >= 15 is 0 Å². The molecule has 1 fully saturated rings. The van der Waals surface area contributed by atoms with Crippen molar-refractivity contribution in [1.29, 1.82) is 0 Å². The molecule has 19 heavy (non-hydrogen) atoms. The first-order chi connectivity index (χ1) is 9.00. The zero-order chi connectivity index (χ0) is 14.0. The molecule has 0 aliphatic carbocycles. The van der Waals surface area contributed by atoms with E-state index in [1.54, 1.807) is 4.90 Å². The Bertz CT molecular complexity index is 479. The topological polar surface area (TPSA) is 110 Å². The Balaban J connectivity index is 2.46. The molecule has 1 saturated heterocycles. The molecule has 0 amide bonds. The number of aliphatic hydroxyl groups is 1. The van der Waals surface area contributed by atoms with Gasteiger partial charge in [0.1, 0.15) is 0 Å². The zero-order valence-electron chi connectivity index (χ0n) is 10.1. The molecule has 1 aliphatic heterocycles. The van der Waals surface area contributed by atoms with E-state index in [-0.39, 0.29) is 17.1 Å². The van der Waals surface area contributed by atoms with Crippen LogP contribution in [0.15, 0.2) is 18.2 Å². The molecule has 2 rings (SSSR count). The fourth-order valence-corrected chi connectivity index (χ4v) is 2.23. The first kappa shape index (κ1) is 13.2. The maximum Gasteiger partial charge on any atom is 0.299 e. The molecule has 0 spiro atoms. The van der Waals surface area contributed by atoms with E-state index in [2.05, 4.69) is 0 Å². The molecule has 0 aromatic heterocycles. The van der Waals surface area contributed by atoms with Gasteiger partial charge in [-0.05, 0) is 18.9 Å². The number of rotatable bonds is 3. The van der Waals surface area contributed by atoms with Gasteiger partial charge in [0, 0.05) is 25.2 Å². The van der Waals surface area contributed by atoms with Crippen molar-refractivity contribution in [3.63, 3.8) is 0 Å². The fraction of sp³-hybridized carbons (Fsp3) is 0.455. The minimum absolute atomic E-state index is 0.0319. The van der Waals surface area contributed by atoms with Crippen LogP contribution in [0.25, 0.3) is 0 Å². The average Bonchev–Trinajstić information content (AvgIpc) is 2.38. The van der Waals surface area contributed by atoms with Gasteiger partial charge in [-0.1, -0.05) is 0 Å². The molecular weight excluding hydrogens is 254 g/mol. The Morgan fingerprint density at radius 1 is 1.11 bits per heavy atom. The maximum atomic E-state index is 11.0. The van der Waals surface area contributed by atoms with Crippen LogP contribution in [0.1, 0.15) is 12.8 Å². The molecule has 8 heteroatoms. The Labute approximate surface area is 108 Å². The molecule has 1 aromatic rings. The molecule has 102 valence electrons. The van der Waals surface area contributed by atoms with Crippen molar-refractivity contribution in [3.8, 4) is 0 Å². The second-order valence-corrected chi connectivity index (χ2v) is 4.38. The van der Waals surface area contributed by atoms with Gasteiger partial charge in [-0.3, -0.25) is 20.2 Å². The average molecular weight is 267 g/mol. The van der Waals surface area contributed by atoms with Crippen molar-refractivity contribution in [2.24, 2.45) is 0 Å². The molecule has 0 saturated carbocycles. The van der Waals surface area contributed by atoms with Gasteiger partial charge >= 0.3 is 0 Å². The fourth-order valence-electron chi connectivity index (χ4n) is 2.23. The highest BCUT2D eigenvalue weighted by Crippen LogP contribution is 2.38. The number of para-hydroxylation sites is 1. The summed E-state index contributed by atoms with van der Waals surface area (Å²) in [5.41, 5.74) is -0.513. The highest BCUT2D eigenvalue weighted by molar-refractivity contribution is 5.75. The van der Waals surface area contributed by atoms with Gasteiger partial charge in [0.05, 0.1) is 16.0 Å². The van der Waals surface area contributed by atoms with Gasteiger partial charge < -0.3 is 10.0 Å². The highest BCUT2D eigenvalue weighted by atomic mass is 16.6. The summed E-state index contributed by atoms with van der Waals surface area (Å²) < 4.78 is 0. The Kier molecular flexibility index (Phi) is 3.61. The molecule has 1 heterocycles. The molecule has 0 radical (unpaired) electrons. The van der Waals surface area contributed by atoms with E-state index in [1.807, 2.05) is 0 Å². The normalized spacial score (nSPS) is 16.4. The monoisotopic (exact) mass is 267 g/mol. The minimum atomic E-state index is -0.618.